The lowest BCUT2D eigenvalue weighted by Gasteiger charge is -2.24. The van der Waals surface area contributed by atoms with Crippen molar-refractivity contribution in [1.29, 1.82) is 0 Å². The Kier molecular flexibility index (Phi) is 30.6. The van der Waals surface area contributed by atoms with E-state index in [-0.39, 0.29) is 118 Å². The van der Waals surface area contributed by atoms with E-state index in [1.807, 2.05) is 42.7 Å². The first kappa shape index (κ1) is 80.7. The third kappa shape index (κ3) is 22.6. The van der Waals surface area contributed by atoms with Crippen molar-refractivity contribution in [2.45, 2.75) is 90.4 Å². The number of methoxy groups -OCH3 is 2. The van der Waals surface area contributed by atoms with E-state index in [1.54, 1.807) is 86.3 Å². The maximum absolute atomic E-state index is 14.2. The minimum Gasteiger partial charge on any atom is -0.493 e. The molecule has 4 aromatic rings. The van der Waals surface area contributed by atoms with Crippen molar-refractivity contribution < 1.29 is 105 Å². The highest BCUT2D eigenvalue weighted by molar-refractivity contribution is 6.07. The lowest BCUT2D eigenvalue weighted by atomic mass is 10.0. The van der Waals surface area contributed by atoms with Gasteiger partial charge in [0.2, 0.25) is 42.2 Å². The van der Waals surface area contributed by atoms with Crippen LogP contribution in [0.15, 0.2) is 89.1 Å². The fraction of sp³-hybridized carbons (Fsp3) is 0.506. The zero-order valence-electron chi connectivity index (χ0n) is 61.9. The largest absolute Gasteiger partial charge is 0.493 e. The van der Waals surface area contributed by atoms with E-state index in [9.17, 15) is 38.4 Å². The molecule has 582 valence electrons. The molecule has 108 heavy (non-hydrogen) atoms. The summed E-state index contributed by atoms with van der Waals surface area (Å²) < 4.78 is 79.0. The average Bonchev–Trinajstić information content (AvgIpc) is 1.64. The maximum atomic E-state index is 14.2. The molecule has 4 aromatic carbocycles. The minimum atomic E-state index is -0.945. The van der Waals surface area contributed by atoms with Crippen LogP contribution < -0.4 is 49.7 Å². The number of nitrogens with zero attached hydrogens (tertiary/aromatic N) is 5. The van der Waals surface area contributed by atoms with Crippen LogP contribution in [0, 0.1) is 11.8 Å². The molecule has 0 radical (unpaired) electrons. The van der Waals surface area contributed by atoms with Gasteiger partial charge < -0.3 is 97.4 Å². The Morgan fingerprint density at radius 2 is 1.02 bits per heavy atom. The van der Waals surface area contributed by atoms with Crippen LogP contribution in [0.1, 0.15) is 98.1 Å². The molecule has 5 atom stereocenters. The molecular weight excluding hydrogens is 1400 g/mol. The van der Waals surface area contributed by atoms with Crippen molar-refractivity contribution in [2.75, 3.05) is 158 Å². The van der Waals surface area contributed by atoms with Gasteiger partial charge in [-0.2, -0.15) is 0 Å². The summed E-state index contributed by atoms with van der Waals surface area (Å²) in [6.07, 6.45) is 8.98. The molecular formula is C77H97N9O22. The second-order valence-electron chi connectivity index (χ2n) is 26.3. The van der Waals surface area contributed by atoms with Gasteiger partial charge in [-0.25, -0.2) is 0 Å². The summed E-state index contributed by atoms with van der Waals surface area (Å²) in [7, 11) is 3.02. The molecule has 6 aliphatic heterocycles. The molecule has 31 heteroatoms. The molecule has 2 unspecified atom stereocenters. The Morgan fingerprint density at radius 1 is 0.528 bits per heavy atom. The summed E-state index contributed by atoms with van der Waals surface area (Å²) in [6, 6.07) is 17.1. The van der Waals surface area contributed by atoms with Crippen LogP contribution in [0.5, 0.6) is 34.5 Å². The van der Waals surface area contributed by atoms with Crippen molar-refractivity contribution in [3.8, 4) is 34.5 Å². The van der Waals surface area contributed by atoms with Gasteiger partial charge in [-0.15, -0.1) is 0 Å². The van der Waals surface area contributed by atoms with Crippen molar-refractivity contribution in [3.05, 3.63) is 101 Å². The molecule has 1 saturated heterocycles. The summed E-state index contributed by atoms with van der Waals surface area (Å²) >= 11 is 0. The predicted molar refractivity (Wildman–Crippen MR) is 394 cm³/mol. The van der Waals surface area contributed by atoms with E-state index >= 15 is 0 Å². The lowest BCUT2D eigenvalue weighted by Crippen LogP contribution is -2.53. The number of likely N-dealkylation sites (tertiary alicyclic amines) is 1. The van der Waals surface area contributed by atoms with E-state index in [4.69, 9.17) is 76.3 Å². The number of aliphatic imine (C=N–C) groups is 2. The van der Waals surface area contributed by atoms with Crippen LogP contribution >= 0.6 is 0 Å². The standard InChI is InChI=1S/C77H97N9O22/c1-49(2)72(83-70(88)15-20-97-22-24-99-26-28-101-30-32-103-34-35-104-33-31-102-29-27-100-25-23-98-21-16-78-69(87)14-17-84-71(89)36-50(3)75(84)92)74(91)81-51(4)73(90)82-56-11-8-52(9-12-56)54-37-57-44-79-61-42-67(64(95-5)40-59(61)76(93)85(57)46-54)105-18-7-19-106-68-43-62-60(41-65(68)96-6)77(94)86-47-55(38-58(86)45-80-62)53-10-13-63-66(39-53)108-48-107-63/h8-13,39-47,49-51,57-58,72H,7,14-38,48H2,1-6H3,(H,78,87)(H,81,91)(H,82,90)(H,83,88)/t50?,51-,57-,58-,72?/m0/s1. The fourth-order valence-corrected chi connectivity index (χ4v) is 12.3. The topological polar surface area (TPSA) is 348 Å². The second kappa shape index (κ2) is 40.9. The van der Waals surface area contributed by atoms with Crippen LogP contribution in [0.4, 0.5) is 17.1 Å². The number of imide groups is 1. The zero-order valence-corrected chi connectivity index (χ0v) is 61.9. The Hall–Kier alpha value is -9.86. The number of benzene rings is 4. The van der Waals surface area contributed by atoms with Crippen molar-refractivity contribution >= 4 is 87.9 Å². The van der Waals surface area contributed by atoms with Gasteiger partial charge in [-0.1, -0.05) is 39.0 Å². The molecule has 31 nitrogen and oxygen atoms in total. The molecule has 0 bridgehead atoms. The summed E-state index contributed by atoms with van der Waals surface area (Å²) in [5, 5.41) is 11.1. The number of fused-ring (bicyclic) bond motifs is 5. The quantitative estimate of drug-likeness (QED) is 0.0281. The van der Waals surface area contributed by atoms with Gasteiger partial charge in [0, 0.05) is 100 Å². The third-order valence-electron chi connectivity index (χ3n) is 18.2. The van der Waals surface area contributed by atoms with Gasteiger partial charge >= 0.3 is 0 Å². The van der Waals surface area contributed by atoms with E-state index in [0.29, 0.717) is 181 Å². The summed E-state index contributed by atoms with van der Waals surface area (Å²) in [5.74, 6) is -0.218. The number of rotatable bonds is 46. The van der Waals surface area contributed by atoms with E-state index in [2.05, 4.69) is 21.3 Å². The van der Waals surface area contributed by atoms with Gasteiger partial charge in [-0.05, 0) is 71.5 Å². The third-order valence-corrected chi connectivity index (χ3v) is 18.2. The normalized spacial score (nSPS) is 17.3. The van der Waals surface area contributed by atoms with Crippen molar-refractivity contribution in [1.82, 2.24) is 30.7 Å². The Labute approximate surface area is 627 Å². The number of hydrogen-bond acceptors (Lipinski definition) is 24. The second-order valence-corrected chi connectivity index (χ2v) is 26.3. The Bertz CT molecular complexity index is 3920. The monoisotopic (exact) mass is 1500 g/mol. The number of amides is 8. The molecule has 0 aromatic heterocycles. The molecule has 0 spiro atoms. The Balaban J connectivity index is 0.536. The molecule has 6 aliphatic rings. The van der Waals surface area contributed by atoms with Gasteiger partial charge in [-0.3, -0.25) is 53.2 Å². The van der Waals surface area contributed by atoms with E-state index in [0.717, 1.165) is 27.2 Å². The van der Waals surface area contributed by atoms with E-state index in [1.165, 1.54) is 14.2 Å². The van der Waals surface area contributed by atoms with Crippen LogP contribution in [0.3, 0.4) is 0 Å². The first-order valence-electron chi connectivity index (χ1n) is 36.4. The smallest absolute Gasteiger partial charge is 0.260 e. The zero-order chi connectivity index (χ0) is 76.3. The number of ether oxygens (including phenoxy) is 14. The number of nitrogens with one attached hydrogen (secondary N) is 4. The number of carbonyl (C=O) groups is 8. The number of hydrogen-bond donors (Lipinski definition) is 4. The first-order chi connectivity index (χ1) is 52.5. The van der Waals surface area contributed by atoms with Gasteiger partial charge in [0.05, 0.1) is 168 Å². The highest BCUT2D eigenvalue weighted by Crippen LogP contribution is 2.43. The summed E-state index contributed by atoms with van der Waals surface area (Å²) in [4.78, 5) is 118. The average molecular weight is 1500 g/mol. The molecule has 10 rings (SSSR count). The SMILES string of the molecule is COc1cc2c(cc1OCCCOc1cc3c(cc1OC)C(=O)N1C=C(c4ccc5c(c4)OCO5)C[C@H]1C=N3)N=C[C@@H]1CC(c3ccc(NC(=O)[C@H](C)NC(=O)C(NC(=O)CCOCCOCCOCCOCCOCCOCCOCCOCCNC(=O)CCN4C(=O)CC(C)C4=O)C(C)C)cc3)=CN1C2=O. The van der Waals surface area contributed by atoms with Crippen LogP contribution in [-0.2, 0) is 66.7 Å². The minimum absolute atomic E-state index is 0.0111. The molecule has 0 saturated carbocycles. The van der Waals surface area contributed by atoms with Crippen LogP contribution in [-0.4, -0.2) is 252 Å². The first-order valence-corrected chi connectivity index (χ1v) is 36.4. The summed E-state index contributed by atoms with van der Waals surface area (Å²) in [5.41, 5.74) is 5.76. The Morgan fingerprint density at radius 3 is 1.52 bits per heavy atom. The number of carbonyl (C=O) groups excluding carboxylic acids is 8. The molecule has 1 fully saturated rings. The predicted octanol–water partition coefficient (Wildman–Crippen LogP) is 6.23. The summed E-state index contributed by atoms with van der Waals surface area (Å²) in [6.45, 7) is 13.6. The van der Waals surface area contributed by atoms with Crippen LogP contribution in [0.2, 0.25) is 0 Å². The van der Waals surface area contributed by atoms with Gasteiger partial charge in [0.25, 0.3) is 11.8 Å². The molecule has 0 aliphatic carbocycles. The van der Waals surface area contributed by atoms with E-state index < -0.39 is 23.9 Å². The van der Waals surface area contributed by atoms with Gasteiger partial charge in [0.15, 0.2) is 34.5 Å². The molecule has 8 amide bonds. The lowest BCUT2D eigenvalue weighted by molar-refractivity contribution is -0.139. The molecule has 6 heterocycles. The van der Waals surface area contributed by atoms with Crippen LogP contribution in [0.25, 0.3) is 11.1 Å². The van der Waals surface area contributed by atoms with Crippen molar-refractivity contribution in [2.24, 2.45) is 21.8 Å². The van der Waals surface area contributed by atoms with Gasteiger partial charge in [0.1, 0.15) is 12.1 Å². The fourth-order valence-electron chi connectivity index (χ4n) is 12.3. The number of anilines is 1. The van der Waals surface area contributed by atoms with Crippen molar-refractivity contribution in [3.63, 3.8) is 0 Å². The molecule has 4 N–H and O–H groups in total. The highest BCUT2D eigenvalue weighted by atomic mass is 16.7. The highest BCUT2D eigenvalue weighted by Gasteiger charge is 2.38. The maximum Gasteiger partial charge on any atom is 0.260 e.